The number of benzene rings is 2. The van der Waals surface area contributed by atoms with E-state index in [1.165, 1.54) is 0 Å². The van der Waals surface area contributed by atoms with E-state index in [2.05, 4.69) is 34.9 Å². The zero-order chi connectivity index (χ0) is 19.6. The fourth-order valence-electron chi connectivity index (χ4n) is 4.96. The van der Waals surface area contributed by atoms with Gasteiger partial charge in [0.1, 0.15) is 5.75 Å². The lowest BCUT2D eigenvalue weighted by atomic mass is 9.67. The molecule has 4 rings (SSSR count). The van der Waals surface area contributed by atoms with Crippen LogP contribution in [0.3, 0.4) is 0 Å². The maximum absolute atomic E-state index is 13.0. The zero-order valence-corrected chi connectivity index (χ0v) is 16.7. The van der Waals surface area contributed by atoms with Crippen molar-refractivity contribution in [1.82, 2.24) is 9.80 Å². The van der Waals surface area contributed by atoms with E-state index in [-0.39, 0.29) is 11.3 Å². The summed E-state index contributed by atoms with van der Waals surface area (Å²) < 4.78 is 0. The molecule has 2 fully saturated rings. The predicted molar refractivity (Wildman–Crippen MR) is 111 cm³/mol. The Hall–Kier alpha value is -2.33. The number of rotatable bonds is 4. The van der Waals surface area contributed by atoms with Crippen LogP contribution in [-0.2, 0) is 11.3 Å². The molecule has 0 saturated carbocycles. The maximum atomic E-state index is 13.0. The maximum Gasteiger partial charge on any atom is 0.230 e. The fraction of sp³-hybridized carbons (Fsp3) is 0.458. The smallest absolute Gasteiger partial charge is 0.230 e. The molecule has 2 aromatic carbocycles. The van der Waals surface area contributed by atoms with Gasteiger partial charge in [0, 0.05) is 19.6 Å². The third kappa shape index (κ3) is 3.93. The summed E-state index contributed by atoms with van der Waals surface area (Å²) in [6, 6.07) is 17.9. The number of aromatic hydroxyl groups is 1. The lowest BCUT2D eigenvalue weighted by Crippen LogP contribution is -2.53. The minimum absolute atomic E-state index is 0.00693. The van der Waals surface area contributed by atoms with E-state index in [1.807, 2.05) is 30.3 Å². The molecule has 1 spiro atoms. The van der Waals surface area contributed by atoms with Gasteiger partial charge in [0.15, 0.2) is 0 Å². The molecule has 28 heavy (non-hydrogen) atoms. The van der Waals surface area contributed by atoms with Crippen LogP contribution in [0.2, 0.25) is 0 Å². The summed E-state index contributed by atoms with van der Waals surface area (Å²) in [7, 11) is 0. The molecule has 1 amide bonds. The van der Waals surface area contributed by atoms with Crippen molar-refractivity contribution in [1.29, 1.82) is 0 Å². The van der Waals surface area contributed by atoms with Crippen molar-refractivity contribution in [3.05, 3.63) is 65.7 Å². The largest absolute Gasteiger partial charge is 0.508 e. The lowest BCUT2D eigenvalue weighted by molar-refractivity contribution is -0.141. The third-order valence-corrected chi connectivity index (χ3v) is 6.59. The van der Waals surface area contributed by atoms with Gasteiger partial charge in [0.25, 0.3) is 0 Å². The molecule has 1 N–H and O–H groups in total. The molecule has 148 valence electrons. The molecule has 4 nitrogen and oxygen atoms in total. The second kappa shape index (κ2) is 7.96. The molecule has 0 aliphatic carbocycles. The summed E-state index contributed by atoms with van der Waals surface area (Å²) in [5.74, 6) is 0.620. The van der Waals surface area contributed by atoms with Crippen molar-refractivity contribution < 1.29 is 9.90 Å². The number of carbonyl (C=O) groups excluding carboxylic acids is 1. The molecule has 0 aromatic heterocycles. The predicted octanol–water partition coefficient (Wildman–Crippen LogP) is 4.01. The molecule has 2 aliphatic heterocycles. The Morgan fingerprint density at radius 3 is 2.50 bits per heavy atom. The highest BCUT2D eigenvalue weighted by molar-refractivity contribution is 5.84. The number of hydrogen-bond acceptors (Lipinski definition) is 3. The number of hydrogen-bond donors (Lipinski definition) is 1. The first-order valence-corrected chi connectivity index (χ1v) is 10.4. The first-order chi connectivity index (χ1) is 13.6. The third-order valence-electron chi connectivity index (χ3n) is 6.59. The number of amides is 1. The number of carbonyl (C=O) groups is 1. The normalized spacial score (nSPS) is 22.5. The van der Waals surface area contributed by atoms with Gasteiger partial charge in [0.05, 0.1) is 5.92 Å². The SMILES string of the molecule is CCN1CC2(CCN(Cc3cccc(O)c3)CC2)C[C@@H](c2ccccc2)C1=O. The van der Waals surface area contributed by atoms with Crippen LogP contribution in [0.4, 0.5) is 0 Å². The molecular formula is C24H30N2O2. The van der Waals surface area contributed by atoms with E-state index in [1.54, 1.807) is 6.07 Å². The van der Waals surface area contributed by atoms with Crippen molar-refractivity contribution in [2.24, 2.45) is 5.41 Å². The van der Waals surface area contributed by atoms with Gasteiger partial charge < -0.3 is 10.0 Å². The van der Waals surface area contributed by atoms with Crippen molar-refractivity contribution >= 4 is 5.91 Å². The summed E-state index contributed by atoms with van der Waals surface area (Å²) in [6.07, 6.45) is 3.21. The van der Waals surface area contributed by atoms with E-state index >= 15 is 0 Å². The highest BCUT2D eigenvalue weighted by atomic mass is 16.3. The van der Waals surface area contributed by atoms with E-state index in [0.29, 0.717) is 11.7 Å². The Kier molecular flexibility index (Phi) is 5.40. The minimum atomic E-state index is -0.00693. The summed E-state index contributed by atoms with van der Waals surface area (Å²) >= 11 is 0. The van der Waals surface area contributed by atoms with Gasteiger partial charge in [-0.25, -0.2) is 0 Å². The molecular weight excluding hydrogens is 348 g/mol. The summed E-state index contributed by atoms with van der Waals surface area (Å²) in [5.41, 5.74) is 2.54. The quantitative estimate of drug-likeness (QED) is 0.874. The minimum Gasteiger partial charge on any atom is -0.508 e. The molecule has 1 atom stereocenters. The summed E-state index contributed by atoms with van der Waals surface area (Å²) in [6.45, 7) is 6.74. The van der Waals surface area contributed by atoms with Crippen molar-refractivity contribution in [2.75, 3.05) is 26.2 Å². The molecule has 0 bridgehead atoms. The van der Waals surface area contributed by atoms with Crippen LogP contribution in [0.25, 0.3) is 0 Å². The van der Waals surface area contributed by atoms with E-state index in [0.717, 1.165) is 63.1 Å². The average molecular weight is 379 g/mol. The van der Waals surface area contributed by atoms with Crippen LogP contribution in [0.15, 0.2) is 54.6 Å². The number of likely N-dealkylation sites (N-methyl/N-ethyl adjacent to an activating group) is 1. The second-order valence-electron chi connectivity index (χ2n) is 8.47. The first kappa shape index (κ1) is 19.0. The highest BCUT2D eigenvalue weighted by Gasteiger charge is 2.45. The van der Waals surface area contributed by atoms with Gasteiger partial charge >= 0.3 is 0 Å². The van der Waals surface area contributed by atoms with Crippen LogP contribution in [-0.4, -0.2) is 47.0 Å². The van der Waals surface area contributed by atoms with Crippen molar-refractivity contribution in [3.8, 4) is 5.75 Å². The van der Waals surface area contributed by atoms with Crippen LogP contribution < -0.4 is 0 Å². The topological polar surface area (TPSA) is 43.8 Å². The van der Waals surface area contributed by atoms with Crippen LogP contribution in [0.1, 0.15) is 43.2 Å². The van der Waals surface area contributed by atoms with Crippen molar-refractivity contribution in [3.63, 3.8) is 0 Å². The Morgan fingerprint density at radius 2 is 1.82 bits per heavy atom. The fourth-order valence-corrected chi connectivity index (χ4v) is 4.96. The Labute approximate surface area is 167 Å². The highest BCUT2D eigenvalue weighted by Crippen LogP contribution is 2.45. The molecule has 2 aliphatic rings. The van der Waals surface area contributed by atoms with Gasteiger partial charge in [-0.3, -0.25) is 9.69 Å². The standard InChI is InChI=1S/C24H30N2O2/c1-2-26-18-24(16-22(23(26)28)20-8-4-3-5-9-20)11-13-25(14-12-24)17-19-7-6-10-21(27)15-19/h3-10,15,22,27H,2,11-14,16-18H2,1H3/t22-/m0/s1. The van der Waals surface area contributed by atoms with E-state index in [9.17, 15) is 9.90 Å². The van der Waals surface area contributed by atoms with Gasteiger partial charge in [0.2, 0.25) is 5.91 Å². The number of likely N-dealkylation sites (tertiary alicyclic amines) is 2. The van der Waals surface area contributed by atoms with Gasteiger partial charge in [-0.1, -0.05) is 42.5 Å². The summed E-state index contributed by atoms with van der Waals surface area (Å²) in [4.78, 5) is 17.6. The van der Waals surface area contributed by atoms with Crippen LogP contribution in [0, 0.1) is 5.41 Å². The molecule has 0 radical (unpaired) electrons. The second-order valence-corrected chi connectivity index (χ2v) is 8.47. The molecule has 2 heterocycles. The van der Waals surface area contributed by atoms with Gasteiger partial charge in [-0.15, -0.1) is 0 Å². The van der Waals surface area contributed by atoms with Crippen LogP contribution >= 0.6 is 0 Å². The molecule has 2 aromatic rings. The molecule has 0 unspecified atom stereocenters. The Balaban J connectivity index is 1.46. The van der Waals surface area contributed by atoms with E-state index < -0.39 is 0 Å². The molecule has 2 saturated heterocycles. The summed E-state index contributed by atoms with van der Waals surface area (Å²) in [5, 5.41) is 9.70. The van der Waals surface area contributed by atoms with Gasteiger partial charge in [-0.05, 0) is 68.0 Å². The first-order valence-electron chi connectivity index (χ1n) is 10.4. The lowest BCUT2D eigenvalue weighted by Gasteiger charge is -2.50. The van der Waals surface area contributed by atoms with Gasteiger partial charge in [-0.2, -0.15) is 0 Å². The number of piperidine rings is 2. The van der Waals surface area contributed by atoms with Crippen molar-refractivity contribution in [2.45, 2.75) is 38.6 Å². The molecule has 4 heteroatoms. The average Bonchev–Trinajstić information content (AvgIpc) is 2.72. The van der Waals surface area contributed by atoms with Crippen LogP contribution in [0.5, 0.6) is 5.75 Å². The zero-order valence-electron chi connectivity index (χ0n) is 16.7. The Bertz CT molecular complexity index is 812. The monoisotopic (exact) mass is 378 g/mol. The number of nitrogens with zero attached hydrogens (tertiary/aromatic N) is 2. The number of phenols is 1. The van der Waals surface area contributed by atoms with E-state index in [4.69, 9.17) is 0 Å². The Morgan fingerprint density at radius 1 is 1.07 bits per heavy atom. The number of phenolic OH excluding ortho intramolecular Hbond substituents is 1.